The summed E-state index contributed by atoms with van der Waals surface area (Å²) < 4.78 is 0. The number of anilines is 1. The molecule has 0 aliphatic carbocycles. The second kappa shape index (κ2) is 7.53. The Morgan fingerprint density at radius 3 is 2.64 bits per heavy atom. The Hall–Kier alpha value is -2.44. The standard InChI is InChI=1S/C14H10Cl2N4O2/c15-9-4-5-12(11(16)7-9)19-13(21)14(22)20-18-8-10-3-1-2-6-17-10/h1-8H,(H,19,21)(H,20,22). The van der Waals surface area contributed by atoms with Crippen molar-refractivity contribution in [3.8, 4) is 0 Å². The van der Waals surface area contributed by atoms with Crippen LogP contribution in [0, 0.1) is 0 Å². The van der Waals surface area contributed by atoms with E-state index in [4.69, 9.17) is 23.2 Å². The van der Waals surface area contributed by atoms with E-state index in [0.717, 1.165) is 0 Å². The number of carbonyl (C=O) groups excluding carboxylic acids is 2. The zero-order chi connectivity index (χ0) is 15.9. The normalized spacial score (nSPS) is 10.5. The minimum Gasteiger partial charge on any atom is -0.316 e. The van der Waals surface area contributed by atoms with Crippen LogP contribution in [0.15, 0.2) is 47.7 Å². The fourth-order valence-electron chi connectivity index (χ4n) is 1.43. The van der Waals surface area contributed by atoms with Crippen LogP contribution >= 0.6 is 23.2 Å². The number of amides is 2. The van der Waals surface area contributed by atoms with E-state index < -0.39 is 11.8 Å². The molecule has 0 fully saturated rings. The molecular formula is C14H10Cl2N4O2. The highest BCUT2D eigenvalue weighted by Gasteiger charge is 2.14. The summed E-state index contributed by atoms with van der Waals surface area (Å²) in [5, 5.41) is 6.64. The lowest BCUT2D eigenvalue weighted by Crippen LogP contribution is -2.32. The number of nitrogens with one attached hydrogen (secondary N) is 2. The molecular weight excluding hydrogens is 327 g/mol. The summed E-state index contributed by atoms with van der Waals surface area (Å²) in [7, 11) is 0. The molecule has 0 saturated heterocycles. The molecule has 112 valence electrons. The maximum Gasteiger partial charge on any atom is 0.329 e. The first kappa shape index (κ1) is 15.9. The second-order valence-electron chi connectivity index (χ2n) is 4.03. The van der Waals surface area contributed by atoms with Gasteiger partial charge in [-0.1, -0.05) is 29.3 Å². The van der Waals surface area contributed by atoms with Crippen molar-refractivity contribution < 1.29 is 9.59 Å². The topological polar surface area (TPSA) is 83.5 Å². The molecule has 0 saturated carbocycles. The van der Waals surface area contributed by atoms with Crippen molar-refractivity contribution in [1.29, 1.82) is 0 Å². The van der Waals surface area contributed by atoms with E-state index in [2.05, 4.69) is 20.8 Å². The number of aromatic nitrogens is 1. The minimum atomic E-state index is -0.932. The van der Waals surface area contributed by atoms with Gasteiger partial charge >= 0.3 is 11.8 Å². The lowest BCUT2D eigenvalue weighted by molar-refractivity contribution is -0.136. The van der Waals surface area contributed by atoms with Gasteiger partial charge in [0.25, 0.3) is 0 Å². The molecule has 0 aliphatic rings. The quantitative estimate of drug-likeness (QED) is 0.513. The van der Waals surface area contributed by atoms with Gasteiger partial charge in [0, 0.05) is 11.2 Å². The Labute approximate surface area is 136 Å². The lowest BCUT2D eigenvalue weighted by atomic mass is 10.3. The summed E-state index contributed by atoms with van der Waals surface area (Å²) in [5.41, 5.74) is 2.91. The zero-order valence-electron chi connectivity index (χ0n) is 11.1. The summed E-state index contributed by atoms with van der Waals surface area (Å²) in [6.07, 6.45) is 2.90. The molecule has 6 nitrogen and oxygen atoms in total. The fourth-order valence-corrected chi connectivity index (χ4v) is 1.89. The van der Waals surface area contributed by atoms with E-state index >= 15 is 0 Å². The van der Waals surface area contributed by atoms with E-state index in [-0.39, 0.29) is 10.7 Å². The smallest absolute Gasteiger partial charge is 0.316 e. The van der Waals surface area contributed by atoms with Crippen molar-refractivity contribution in [2.45, 2.75) is 0 Å². The molecule has 0 atom stereocenters. The molecule has 1 aromatic carbocycles. The molecule has 0 spiro atoms. The van der Waals surface area contributed by atoms with Crippen LogP contribution in [0.2, 0.25) is 10.0 Å². The minimum absolute atomic E-state index is 0.227. The Kier molecular flexibility index (Phi) is 5.46. The molecule has 0 aliphatic heterocycles. The Balaban J connectivity index is 1.92. The first-order chi connectivity index (χ1) is 10.6. The Bertz CT molecular complexity index is 720. The molecule has 0 radical (unpaired) electrons. The number of carbonyl (C=O) groups is 2. The molecule has 22 heavy (non-hydrogen) atoms. The van der Waals surface area contributed by atoms with Gasteiger partial charge in [-0.3, -0.25) is 14.6 Å². The molecule has 0 bridgehead atoms. The van der Waals surface area contributed by atoms with Gasteiger partial charge in [0.05, 0.1) is 22.6 Å². The van der Waals surface area contributed by atoms with Crippen molar-refractivity contribution in [3.05, 3.63) is 58.3 Å². The third-order valence-electron chi connectivity index (χ3n) is 2.44. The molecule has 0 unspecified atom stereocenters. The third kappa shape index (κ3) is 4.54. The fraction of sp³-hybridized carbons (Fsp3) is 0. The van der Waals surface area contributed by atoms with Crippen LogP contribution in [0.25, 0.3) is 0 Å². The molecule has 2 rings (SSSR count). The maximum absolute atomic E-state index is 11.7. The van der Waals surface area contributed by atoms with Gasteiger partial charge in [0.2, 0.25) is 0 Å². The van der Waals surface area contributed by atoms with Gasteiger partial charge in [-0.05, 0) is 30.3 Å². The molecule has 8 heteroatoms. The second-order valence-corrected chi connectivity index (χ2v) is 4.88. The highest BCUT2D eigenvalue weighted by atomic mass is 35.5. The Morgan fingerprint density at radius 1 is 1.14 bits per heavy atom. The molecule has 2 amide bonds. The summed E-state index contributed by atoms with van der Waals surface area (Å²) in [6, 6.07) is 9.71. The summed E-state index contributed by atoms with van der Waals surface area (Å²) in [4.78, 5) is 27.3. The zero-order valence-corrected chi connectivity index (χ0v) is 12.6. The number of hydrogen-bond donors (Lipinski definition) is 2. The summed E-state index contributed by atoms with van der Waals surface area (Å²) in [6.45, 7) is 0. The van der Waals surface area contributed by atoms with E-state index in [0.29, 0.717) is 10.7 Å². The van der Waals surface area contributed by atoms with Crippen LogP contribution in [-0.4, -0.2) is 23.0 Å². The number of halogens is 2. The Morgan fingerprint density at radius 2 is 1.95 bits per heavy atom. The first-order valence-electron chi connectivity index (χ1n) is 6.07. The highest BCUT2D eigenvalue weighted by molar-refractivity contribution is 6.42. The molecule has 2 N–H and O–H groups in total. The van der Waals surface area contributed by atoms with Crippen molar-refractivity contribution in [2.24, 2.45) is 5.10 Å². The SMILES string of the molecule is O=C(NN=Cc1ccccn1)C(=O)Nc1ccc(Cl)cc1Cl. The van der Waals surface area contributed by atoms with E-state index in [1.807, 2.05) is 0 Å². The maximum atomic E-state index is 11.7. The predicted molar refractivity (Wildman–Crippen MR) is 85.1 cm³/mol. The highest BCUT2D eigenvalue weighted by Crippen LogP contribution is 2.25. The van der Waals surface area contributed by atoms with Gasteiger partial charge in [0.15, 0.2) is 0 Å². The van der Waals surface area contributed by atoms with Gasteiger partial charge in [-0.15, -0.1) is 0 Å². The number of rotatable bonds is 3. The molecule has 1 heterocycles. The number of hydrogen-bond acceptors (Lipinski definition) is 4. The van der Waals surface area contributed by atoms with Gasteiger partial charge in [-0.2, -0.15) is 5.10 Å². The average Bonchev–Trinajstić information content (AvgIpc) is 2.51. The van der Waals surface area contributed by atoms with Crippen LogP contribution in [0.4, 0.5) is 5.69 Å². The van der Waals surface area contributed by atoms with Crippen molar-refractivity contribution in [2.75, 3.05) is 5.32 Å². The van der Waals surface area contributed by atoms with Gasteiger partial charge in [-0.25, -0.2) is 5.43 Å². The monoisotopic (exact) mass is 336 g/mol. The lowest BCUT2D eigenvalue weighted by Gasteiger charge is -2.06. The number of hydrazone groups is 1. The average molecular weight is 337 g/mol. The van der Waals surface area contributed by atoms with Crippen LogP contribution in [0.3, 0.4) is 0 Å². The van der Waals surface area contributed by atoms with E-state index in [1.165, 1.54) is 18.3 Å². The predicted octanol–water partition coefficient (Wildman–Crippen LogP) is 2.48. The van der Waals surface area contributed by atoms with Crippen molar-refractivity contribution in [1.82, 2.24) is 10.4 Å². The van der Waals surface area contributed by atoms with E-state index in [1.54, 1.807) is 30.5 Å². The van der Waals surface area contributed by atoms with Gasteiger partial charge in [0.1, 0.15) is 0 Å². The molecule has 1 aromatic heterocycles. The third-order valence-corrected chi connectivity index (χ3v) is 2.98. The first-order valence-corrected chi connectivity index (χ1v) is 6.82. The summed E-state index contributed by atoms with van der Waals surface area (Å²) in [5.74, 6) is -1.83. The van der Waals surface area contributed by atoms with Crippen molar-refractivity contribution >= 4 is 46.9 Å². The van der Waals surface area contributed by atoms with Crippen LogP contribution in [0.5, 0.6) is 0 Å². The van der Waals surface area contributed by atoms with E-state index in [9.17, 15) is 9.59 Å². The summed E-state index contributed by atoms with van der Waals surface area (Å²) >= 11 is 11.6. The number of benzene rings is 1. The van der Waals surface area contributed by atoms with Crippen LogP contribution < -0.4 is 10.7 Å². The largest absolute Gasteiger partial charge is 0.329 e. The number of pyridine rings is 1. The van der Waals surface area contributed by atoms with Crippen LogP contribution in [-0.2, 0) is 9.59 Å². The molecule has 2 aromatic rings. The van der Waals surface area contributed by atoms with Gasteiger partial charge < -0.3 is 5.32 Å². The number of nitrogens with zero attached hydrogens (tertiary/aromatic N) is 2. The van der Waals surface area contributed by atoms with Crippen LogP contribution in [0.1, 0.15) is 5.69 Å². The van der Waals surface area contributed by atoms with Crippen molar-refractivity contribution in [3.63, 3.8) is 0 Å².